The molecule has 9 nitrogen and oxygen atoms in total. The Morgan fingerprint density at radius 1 is 1.12 bits per heavy atom. The zero-order valence-electron chi connectivity index (χ0n) is 20.0. The molecular weight excluding hydrogens is 454 g/mol. The molecule has 1 aromatic carbocycles. The molecule has 1 saturated heterocycles. The summed E-state index contributed by atoms with van der Waals surface area (Å²) in [6.07, 6.45) is 5.22. The van der Waals surface area contributed by atoms with E-state index in [9.17, 15) is 13.2 Å². The number of hydrogen-bond acceptors (Lipinski definition) is 7. The molecule has 1 aliphatic heterocycles. The summed E-state index contributed by atoms with van der Waals surface area (Å²) >= 11 is 0. The number of nitrogens with zero attached hydrogens (tertiary/aromatic N) is 4. The van der Waals surface area contributed by atoms with Gasteiger partial charge in [-0.1, -0.05) is 17.7 Å². The van der Waals surface area contributed by atoms with Crippen LogP contribution in [0.1, 0.15) is 45.6 Å². The molecular formula is C24H31N5O4S. The Labute approximate surface area is 200 Å². The summed E-state index contributed by atoms with van der Waals surface area (Å²) in [5.74, 6) is 0.541. The van der Waals surface area contributed by atoms with E-state index in [1.807, 2.05) is 27.7 Å². The number of ether oxygens (including phenoxy) is 1. The van der Waals surface area contributed by atoms with Gasteiger partial charge in [-0.2, -0.15) is 0 Å². The van der Waals surface area contributed by atoms with E-state index in [0.717, 1.165) is 24.8 Å². The molecule has 1 N–H and O–H groups in total. The van der Waals surface area contributed by atoms with E-state index < -0.39 is 15.6 Å². The van der Waals surface area contributed by atoms with Crippen LogP contribution in [0.4, 0.5) is 10.6 Å². The normalized spacial score (nSPS) is 17.4. The Kier molecular flexibility index (Phi) is 6.53. The molecule has 0 spiro atoms. The number of anilines is 1. The fourth-order valence-corrected chi connectivity index (χ4v) is 5.31. The summed E-state index contributed by atoms with van der Waals surface area (Å²) in [6.45, 7) is 8.58. The second kappa shape index (κ2) is 9.25. The Morgan fingerprint density at radius 3 is 2.56 bits per heavy atom. The molecule has 3 aromatic rings. The lowest BCUT2D eigenvalue weighted by atomic mass is 10.1. The van der Waals surface area contributed by atoms with Crippen molar-refractivity contribution >= 4 is 33.0 Å². The molecule has 10 heteroatoms. The summed E-state index contributed by atoms with van der Waals surface area (Å²) in [4.78, 5) is 23.2. The van der Waals surface area contributed by atoms with Gasteiger partial charge in [-0.25, -0.2) is 27.2 Å². The van der Waals surface area contributed by atoms with E-state index in [2.05, 4.69) is 15.3 Å². The van der Waals surface area contributed by atoms with E-state index in [0.29, 0.717) is 29.9 Å². The van der Waals surface area contributed by atoms with Crippen LogP contribution in [-0.4, -0.2) is 58.1 Å². The molecule has 1 atom stereocenters. The van der Waals surface area contributed by atoms with Crippen molar-refractivity contribution in [2.24, 2.45) is 0 Å². The molecule has 1 fully saturated rings. The number of fused-ring (bicyclic) bond motifs is 1. The van der Waals surface area contributed by atoms with Gasteiger partial charge in [-0.3, -0.25) is 0 Å². The van der Waals surface area contributed by atoms with Crippen molar-refractivity contribution in [3.05, 3.63) is 48.4 Å². The van der Waals surface area contributed by atoms with Crippen molar-refractivity contribution in [2.75, 3.05) is 18.4 Å². The fraction of sp³-hybridized carbons (Fsp3) is 0.458. The first kappa shape index (κ1) is 24.0. The van der Waals surface area contributed by atoms with Crippen LogP contribution in [0.5, 0.6) is 0 Å². The predicted octanol–water partition coefficient (Wildman–Crippen LogP) is 4.18. The summed E-state index contributed by atoms with van der Waals surface area (Å²) in [6, 6.07) is 8.36. The van der Waals surface area contributed by atoms with E-state index in [1.165, 1.54) is 16.5 Å². The molecule has 182 valence electrons. The Morgan fingerprint density at radius 2 is 1.85 bits per heavy atom. The van der Waals surface area contributed by atoms with E-state index >= 15 is 0 Å². The van der Waals surface area contributed by atoms with Gasteiger partial charge < -0.3 is 15.0 Å². The van der Waals surface area contributed by atoms with Gasteiger partial charge >= 0.3 is 6.09 Å². The molecule has 2 aromatic heterocycles. The molecule has 1 amide bonds. The van der Waals surface area contributed by atoms with Crippen molar-refractivity contribution in [2.45, 2.75) is 63.5 Å². The maximum atomic E-state index is 13.2. The average molecular weight is 486 g/mol. The van der Waals surface area contributed by atoms with Crippen LogP contribution in [-0.2, 0) is 14.8 Å². The Balaban J connectivity index is 1.59. The van der Waals surface area contributed by atoms with Crippen molar-refractivity contribution in [3.63, 3.8) is 0 Å². The van der Waals surface area contributed by atoms with Gasteiger partial charge in [0.05, 0.1) is 10.3 Å². The van der Waals surface area contributed by atoms with Gasteiger partial charge in [0.25, 0.3) is 10.0 Å². The number of carbonyl (C=O) groups excluding carboxylic acids is 1. The SMILES string of the molecule is Cc1ccc(S(=O)(=O)n2ccc3c(NC4CCCCN(C(=O)OC(C)(C)C)C4)ncnc32)cc1. The number of aryl methyl sites for hydroxylation is 1. The van der Waals surface area contributed by atoms with Gasteiger partial charge in [0.15, 0.2) is 5.65 Å². The Bertz CT molecular complexity index is 1280. The highest BCUT2D eigenvalue weighted by Crippen LogP contribution is 2.26. The van der Waals surface area contributed by atoms with E-state index in [-0.39, 0.29) is 17.0 Å². The van der Waals surface area contributed by atoms with Crippen LogP contribution < -0.4 is 5.32 Å². The van der Waals surface area contributed by atoms with Crippen molar-refractivity contribution in [1.82, 2.24) is 18.8 Å². The molecule has 4 rings (SSSR count). The molecule has 0 saturated carbocycles. The first-order valence-electron chi connectivity index (χ1n) is 11.4. The van der Waals surface area contributed by atoms with Crippen LogP contribution >= 0.6 is 0 Å². The van der Waals surface area contributed by atoms with Gasteiger partial charge in [-0.15, -0.1) is 0 Å². The summed E-state index contributed by atoms with van der Waals surface area (Å²) in [5.41, 5.74) is 0.724. The molecule has 0 bridgehead atoms. The second-order valence-electron chi connectivity index (χ2n) is 9.65. The highest BCUT2D eigenvalue weighted by atomic mass is 32.2. The van der Waals surface area contributed by atoms with Crippen LogP contribution in [0, 0.1) is 6.92 Å². The van der Waals surface area contributed by atoms with Crippen LogP contribution in [0.15, 0.2) is 47.8 Å². The standard InChI is InChI=1S/C24H31N5O4S/c1-17-8-10-19(11-9-17)34(31,32)29-14-12-20-21(25-16-26-22(20)29)27-18-7-5-6-13-28(15-18)23(30)33-24(2,3)4/h8-12,14,16,18H,5-7,13,15H2,1-4H3,(H,25,26,27). The third kappa shape index (κ3) is 5.16. The number of amides is 1. The maximum absolute atomic E-state index is 13.2. The van der Waals surface area contributed by atoms with Gasteiger partial charge in [0.1, 0.15) is 17.7 Å². The number of carbonyl (C=O) groups is 1. The number of nitrogens with one attached hydrogen (secondary N) is 1. The third-order valence-electron chi connectivity index (χ3n) is 5.69. The van der Waals surface area contributed by atoms with E-state index in [1.54, 1.807) is 35.2 Å². The van der Waals surface area contributed by atoms with Crippen molar-refractivity contribution in [3.8, 4) is 0 Å². The monoisotopic (exact) mass is 485 g/mol. The van der Waals surface area contributed by atoms with Crippen molar-refractivity contribution < 1.29 is 17.9 Å². The van der Waals surface area contributed by atoms with Crippen LogP contribution in [0.25, 0.3) is 11.0 Å². The number of rotatable bonds is 4. The predicted molar refractivity (Wildman–Crippen MR) is 130 cm³/mol. The average Bonchev–Trinajstić information content (AvgIpc) is 3.07. The minimum atomic E-state index is -3.80. The molecule has 1 unspecified atom stereocenters. The largest absolute Gasteiger partial charge is 0.444 e. The fourth-order valence-electron chi connectivity index (χ4n) is 4.01. The lowest BCUT2D eigenvalue weighted by Crippen LogP contribution is -2.42. The first-order valence-corrected chi connectivity index (χ1v) is 12.9. The number of likely N-dealkylation sites (tertiary alicyclic amines) is 1. The minimum absolute atomic E-state index is 0.0508. The van der Waals surface area contributed by atoms with Gasteiger partial charge in [0.2, 0.25) is 0 Å². The molecule has 0 aliphatic carbocycles. The van der Waals surface area contributed by atoms with E-state index in [4.69, 9.17) is 4.74 Å². The topological polar surface area (TPSA) is 106 Å². The van der Waals surface area contributed by atoms with Gasteiger partial charge in [0, 0.05) is 25.3 Å². The molecule has 3 heterocycles. The Hall–Kier alpha value is -3.14. The van der Waals surface area contributed by atoms with Crippen LogP contribution in [0.3, 0.4) is 0 Å². The summed E-state index contributed by atoms with van der Waals surface area (Å²) in [5, 5.41) is 4.02. The minimum Gasteiger partial charge on any atom is -0.444 e. The number of aromatic nitrogens is 3. The smallest absolute Gasteiger partial charge is 0.410 e. The summed E-state index contributed by atoms with van der Waals surface area (Å²) in [7, 11) is -3.80. The van der Waals surface area contributed by atoms with Crippen LogP contribution in [0.2, 0.25) is 0 Å². The number of hydrogen-bond donors (Lipinski definition) is 1. The highest BCUT2D eigenvalue weighted by molar-refractivity contribution is 7.90. The second-order valence-corrected chi connectivity index (χ2v) is 11.5. The quantitative estimate of drug-likeness (QED) is 0.591. The molecule has 1 aliphatic rings. The number of benzene rings is 1. The lowest BCUT2D eigenvalue weighted by Gasteiger charge is -2.28. The zero-order chi connectivity index (χ0) is 24.5. The summed E-state index contributed by atoms with van der Waals surface area (Å²) < 4.78 is 33.2. The van der Waals surface area contributed by atoms with Crippen molar-refractivity contribution in [1.29, 1.82) is 0 Å². The third-order valence-corrected chi connectivity index (χ3v) is 7.37. The maximum Gasteiger partial charge on any atom is 0.410 e. The zero-order valence-corrected chi connectivity index (χ0v) is 20.8. The lowest BCUT2D eigenvalue weighted by molar-refractivity contribution is 0.0252. The highest BCUT2D eigenvalue weighted by Gasteiger charge is 2.27. The molecule has 34 heavy (non-hydrogen) atoms. The molecule has 0 radical (unpaired) electrons. The van der Waals surface area contributed by atoms with Gasteiger partial charge in [-0.05, 0) is 65.2 Å². The first-order chi connectivity index (χ1) is 16.0.